The van der Waals surface area contributed by atoms with Gasteiger partial charge in [-0.05, 0) is 18.2 Å². The molecule has 0 bridgehead atoms. The van der Waals surface area contributed by atoms with E-state index in [0.29, 0.717) is 36.0 Å². The maximum Gasteiger partial charge on any atom is 0.244 e. The molecule has 0 aliphatic carbocycles. The minimum absolute atomic E-state index is 0.250. The lowest BCUT2D eigenvalue weighted by molar-refractivity contribution is -0.116. The first-order chi connectivity index (χ1) is 12.7. The standard InChI is InChI=1S/C20H20FNO4/c1-24-17-12-19-18(25-9-4-10-26-19)11-15(17)13-22-20(23)8-7-14-5-2-3-6-16(14)21/h2-3,5-8,11-12H,4,9-10,13H2,1H3,(H,22,23). The van der Waals surface area contributed by atoms with Crippen LogP contribution in [0.25, 0.3) is 6.08 Å². The number of carbonyl (C=O) groups excluding carboxylic acids is 1. The van der Waals surface area contributed by atoms with Crippen LogP contribution in [0.3, 0.4) is 0 Å². The Kier molecular flexibility index (Phi) is 5.73. The van der Waals surface area contributed by atoms with Crippen molar-refractivity contribution in [3.05, 3.63) is 59.4 Å². The summed E-state index contributed by atoms with van der Waals surface area (Å²) in [6.45, 7) is 1.42. The second-order valence-corrected chi connectivity index (χ2v) is 5.73. The number of benzene rings is 2. The molecular weight excluding hydrogens is 337 g/mol. The fourth-order valence-electron chi connectivity index (χ4n) is 2.58. The van der Waals surface area contributed by atoms with E-state index in [4.69, 9.17) is 14.2 Å². The van der Waals surface area contributed by atoms with Gasteiger partial charge in [-0.15, -0.1) is 0 Å². The van der Waals surface area contributed by atoms with Crippen LogP contribution >= 0.6 is 0 Å². The zero-order valence-corrected chi connectivity index (χ0v) is 14.5. The number of ether oxygens (including phenoxy) is 3. The molecule has 0 saturated heterocycles. The molecule has 0 aromatic heterocycles. The quantitative estimate of drug-likeness (QED) is 0.834. The van der Waals surface area contributed by atoms with Crippen LogP contribution in [0.5, 0.6) is 17.2 Å². The van der Waals surface area contributed by atoms with Crippen LogP contribution in [0, 0.1) is 5.82 Å². The number of methoxy groups -OCH3 is 1. The molecule has 26 heavy (non-hydrogen) atoms. The van der Waals surface area contributed by atoms with E-state index < -0.39 is 0 Å². The van der Waals surface area contributed by atoms with Crippen molar-refractivity contribution in [2.45, 2.75) is 13.0 Å². The molecule has 136 valence electrons. The van der Waals surface area contributed by atoms with E-state index in [1.54, 1.807) is 37.4 Å². The molecule has 2 aromatic carbocycles. The first-order valence-corrected chi connectivity index (χ1v) is 8.34. The first-order valence-electron chi connectivity index (χ1n) is 8.34. The lowest BCUT2D eigenvalue weighted by Crippen LogP contribution is -2.20. The monoisotopic (exact) mass is 357 g/mol. The smallest absolute Gasteiger partial charge is 0.244 e. The summed E-state index contributed by atoms with van der Waals surface area (Å²) in [6, 6.07) is 9.83. The van der Waals surface area contributed by atoms with Crippen molar-refractivity contribution in [2.75, 3.05) is 20.3 Å². The van der Waals surface area contributed by atoms with E-state index in [9.17, 15) is 9.18 Å². The molecule has 0 fully saturated rings. The van der Waals surface area contributed by atoms with Gasteiger partial charge in [0.05, 0.1) is 20.3 Å². The average Bonchev–Trinajstić information content (AvgIpc) is 2.89. The predicted octanol–water partition coefficient (Wildman–Crippen LogP) is 3.33. The van der Waals surface area contributed by atoms with E-state index >= 15 is 0 Å². The number of hydrogen-bond donors (Lipinski definition) is 1. The highest BCUT2D eigenvalue weighted by Gasteiger charge is 2.15. The van der Waals surface area contributed by atoms with Gasteiger partial charge < -0.3 is 19.5 Å². The number of hydrogen-bond acceptors (Lipinski definition) is 4. The van der Waals surface area contributed by atoms with Gasteiger partial charge in [-0.2, -0.15) is 0 Å². The lowest BCUT2D eigenvalue weighted by atomic mass is 10.1. The second kappa shape index (κ2) is 8.38. The van der Waals surface area contributed by atoms with E-state index in [1.807, 2.05) is 0 Å². The van der Waals surface area contributed by atoms with Gasteiger partial charge in [0.1, 0.15) is 11.6 Å². The summed E-state index contributed by atoms with van der Waals surface area (Å²) in [7, 11) is 1.56. The summed E-state index contributed by atoms with van der Waals surface area (Å²) in [5.74, 6) is 1.17. The Morgan fingerprint density at radius 2 is 1.96 bits per heavy atom. The predicted molar refractivity (Wildman–Crippen MR) is 95.9 cm³/mol. The molecule has 5 nitrogen and oxygen atoms in total. The molecule has 0 atom stereocenters. The van der Waals surface area contributed by atoms with Crippen molar-refractivity contribution in [1.29, 1.82) is 0 Å². The molecule has 2 aromatic rings. The van der Waals surface area contributed by atoms with Gasteiger partial charge in [-0.25, -0.2) is 4.39 Å². The largest absolute Gasteiger partial charge is 0.496 e. The van der Waals surface area contributed by atoms with Crippen LogP contribution in [-0.2, 0) is 11.3 Å². The third-order valence-corrected chi connectivity index (χ3v) is 3.92. The van der Waals surface area contributed by atoms with Crippen molar-refractivity contribution in [3.63, 3.8) is 0 Å². The van der Waals surface area contributed by atoms with Crippen LogP contribution in [0.4, 0.5) is 4.39 Å². The van der Waals surface area contributed by atoms with Crippen LogP contribution < -0.4 is 19.5 Å². The molecular formula is C20H20FNO4. The molecule has 1 aliphatic heterocycles. The molecule has 3 rings (SSSR count). The van der Waals surface area contributed by atoms with Crippen molar-refractivity contribution in [2.24, 2.45) is 0 Å². The van der Waals surface area contributed by atoms with E-state index in [-0.39, 0.29) is 18.3 Å². The summed E-state index contributed by atoms with van der Waals surface area (Å²) in [6.07, 6.45) is 3.55. The van der Waals surface area contributed by atoms with E-state index in [2.05, 4.69) is 5.32 Å². The summed E-state index contributed by atoms with van der Waals surface area (Å²) >= 11 is 0. The van der Waals surface area contributed by atoms with Gasteiger partial charge >= 0.3 is 0 Å². The topological polar surface area (TPSA) is 56.8 Å². The molecule has 0 unspecified atom stereocenters. The normalized spacial score (nSPS) is 13.3. The minimum atomic E-state index is -0.374. The van der Waals surface area contributed by atoms with Crippen LogP contribution in [0.15, 0.2) is 42.5 Å². The third kappa shape index (κ3) is 4.33. The number of nitrogens with one attached hydrogen (secondary N) is 1. The SMILES string of the molecule is COc1cc2c(cc1CNC(=O)C=Cc1ccccc1F)OCCCO2. The van der Waals surface area contributed by atoms with Crippen molar-refractivity contribution in [3.8, 4) is 17.2 Å². The maximum atomic E-state index is 13.6. The number of amides is 1. The highest BCUT2D eigenvalue weighted by Crippen LogP contribution is 2.36. The maximum absolute atomic E-state index is 13.6. The number of halogens is 1. The van der Waals surface area contributed by atoms with Crippen molar-refractivity contribution < 1.29 is 23.4 Å². The Morgan fingerprint density at radius 3 is 2.69 bits per heavy atom. The fraction of sp³-hybridized carbons (Fsp3) is 0.250. The third-order valence-electron chi connectivity index (χ3n) is 3.92. The molecule has 0 spiro atoms. The lowest BCUT2D eigenvalue weighted by Gasteiger charge is -2.14. The molecule has 1 amide bonds. The summed E-state index contributed by atoms with van der Waals surface area (Å²) in [5, 5.41) is 2.76. The highest BCUT2D eigenvalue weighted by molar-refractivity contribution is 5.91. The number of rotatable bonds is 5. The molecule has 1 aliphatic rings. The molecule has 0 saturated carbocycles. The minimum Gasteiger partial charge on any atom is -0.496 e. The van der Waals surface area contributed by atoms with E-state index in [1.165, 1.54) is 18.2 Å². The van der Waals surface area contributed by atoms with Crippen molar-refractivity contribution >= 4 is 12.0 Å². The zero-order valence-electron chi connectivity index (χ0n) is 14.5. The van der Waals surface area contributed by atoms with Gasteiger partial charge in [0.25, 0.3) is 0 Å². The van der Waals surface area contributed by atoms with E-state index in [0.717, 1.165) is 12.0 Å². The van der Waals surface area contributed by atoms with Gasteiger partial charge in [0, 0.05) is 36.2 Å². The second-order valence-electron chi connectivity index (χ2n) is 5.73. The van der Waals surface area contributed by atoms with Crippen molar-refractivity contribution in [1.82, 2.24) is 5.32 Å². The number of carbonyl (C=O) groups is 1. The van der Waals surface area contributed by atoms with Gasteiger partial charge in [0.15, 0.2) is 11.5 Å². The molecule has 6 heteroatoms. The Balaban J connectivity index is 1.68. The highest BCUT2D eigenvalue weighted by atomic mass is 19.1. The van der Waals surface area contributed by atoms with Crippen LogP contribution in [0.2, 0.25) is 0 Å². The Labute approximate surface area is 151 Å². The van der Waals surface area contributed by atoms with Gasteiger partial charge in [0.2, 0.25) is 5.91 Å². The van der Waals surface area contributed by atoms with Crippen LogP contribution in [0.1, 0.15) is 17.5 Å². The summed E-state index contributed by atoms with van der Waals surface area (Å²) in [4.78, 5) is 12.0. The summed E-state index contributed by atoms with van der Waals surface area (Å²) < 4.78 is 30.2. The number of fused-ring (bicyclic) bond motifs is 1. The molecule has 1 heterocycles. The first kappa shape index (κ1) is 17.8. The van der Waals surface area contributed by atoms with Gasteiger partial charge in [-0.3, -0.25) is 4.79 Å². The summed E-state index contributed by atoms with van der Waals surface area (Å²) in [5.41, 5.74) is 1.13. The van der Waals surface area contributed by atoms with Gasteiger partial charge in [-0.1, -0.05) is 18.2 Å². The zero-order chi connectivity index (χ0) is 18.4. The Morgan fingerprint density at radius 1 is 1.23 bits per heavy atom. The average molecular weight is 357 g/mol. The molecule has 0 radical (unpaired) electrons. The molecule has 1 N–H and O–H groups in total. The Bertz CT molecular complexity index is 819. The fourth-order valence-corrected chi connectivity index (χ4v) is 2.58. The van der Waals surface area contributed by atoms with Crippen LogP contribution in [-0.4, -0.2) is 26.2 Å². The Hall–Kier alpha value is -3.02.